The lowest BCUT2D eigenvalue weighted by Gasteiger charge is -2.23. The molecule has 0 radical (unpaired) electrons. The average molecular weight is 600 g/mol. The lowest BCUT2D eigenvalue weighted by atomic mass is 9.97. The molecule has 2 aliphatic rings. The number of Topliss-reactive ketones (excluding diaryl/α,β-unsaturated/α-hetero) is 1. The minimum Gasteiger partial charge on any atom is -0.497 e. The van der Waals surface area contributed by atoms with Gasteiger partial charge in [-0.1, -0.05) is 24.6 Å². The summed E-state index contributed by atoms with van der Waals surface area (Å²) in [4.78, 5) is 47.4. The lowest BCUT2D eigenvalue weighted by Crippen LogP contribution is -2.41. The van der Waals surface area contributed by atoms with Gasteiger partial charge in [0, 0.05) is 29.8 Å². The predicted octanol–water partition coefficient (Wildman–Crippen LogP) is 6.50. The van der Waals surface area contributed by atoms with Crippen molar-refractivity contribution < 1.29 is 23.9 Å². The highest BCUT2D eigenvalue weighted by atomic mass is 16.5. The van der Waals surface area contributed by atoms with E-state index in [2.05, 4.69) is 17.3 Å². The fraction of sp³-hybridized carbons (Fsp3) is 0.500. The van der Waals surface area contributed by atoms with Gasteiger partial charge in [0.05, 0.1) is 29.9 Å². The second-order valence-corrected chi connectivity index (χ2v) is 12.3. The van der Waals surface area contributed by atoms with Gasteiger partial charge >= 0.3 is 5.97 Å². The summed E-state index contributed by atoms with van der Waals surface area (Å²) in [6, 6.07) is 16.5. The van der Waals surface area contributed by atoms with Gasteiger partial charge in [-0.05, 0) is 108 Å². The number of aromatic nitrogens is 1. The second kappa shape index (κ2) is 15.3. The number of carbonyl (C=O) groups excluding carboxylic acids is 3. The molecule has 2 unspecified atom stereocenters. The largest absolute Gasteiger partial charge is 0.497 e. The molecule has 0 bridgehead atoms. The number of nitrogens with zero attached hydrogens (tertiary/aromatic N) is 2. The minimum atomic E-state index is -0.779. The molecule has 8 nitrogen and oxygen atoms in total. The Morgan fingerprint density at radius 2 is 1.75 bits per heavy atom. The maximum absolute atomic E-state index is 13.9. The van der Waals surface area contributed by atoms with Crippen LogP contribution in [-0.4, -0.2) is 66.4 Å². The molecule has 2 heterocycles. The van der Waals surface area contributed by atoms with Crippen molar-refractivity contribution in [3.05, 3.63) is 60.2 Å². The van der Waals surface area contributed by atoms with Crippen LogP contribution < -0.4 is 10.1 Å². The van der Waals surface area contributed by atoms with E-state index in [1.54, 1.807) is 13.2 Å². The third-order valence-electron chi connectivity index (χ3n) is 9.16. The van der Waals surface area contributed by atoms with Crippen LogP contribution in [0.3, 0.4) is 0 Å². The predicted molar refractivity (Wildman–Crippen MR) is 172 cm³/mol. The van der Waals surface area contributed by atoms with E-state index in [9.17, 15) is 14.4 Å². The van der Waals surface area contributed by atoms with Crippen LogP contribution in [0.4, 0.5) is 0 Å². The number of carbonyl (C=O) groups is 3. The lowest BCUT2D eigenvalue weighted by molar-refractivity contribution is -0.150. The van der Waals surface area contributed by atoms with E-state index in [1.165, 1.54) is 12.8 Å². The van der Waals surface area contributed by atoms with Crippen LogP contribution >= 0.6 is 0 Å². The third-order valence-corrected chi connectivity index (χ3v) is 9.16. The van der Waals surface area contributed by atoms with E-state index >= 15 is 0 Å². The normalized spacial score (nSPS) is 18.2. The van der Waals surface area contributed by atoms with Crippen LogP contribution in [0.1, 0.15) is 87.4 Å². The molecular weight excluding hydrogens is 554 g/mol. The summed E-state index contributed by atoms with van der Waals surface area (Å²) >= 11 is 0. The topological polar surface area (TPSA) is 97.8 Å². The first kappa shape index (κ1) is 31.6. The van der Waals surface area contributed by atoms with Crippen molar-refractivity contribution in [2.24, 2.45) is 0 Å². The molecule has 1 aliphatic heterocycles. The quantitative estimate of drug-likeness (QED) is 0.224. The van der Waals surface area contributed by atoms with Crippen molar-refractivity contribution in [3.63, 3.8) is 0 Å². The summed E-state index contributed by atoms with van der Waals surface area (Å²) in [5.74, 6) is 0.0363. The number of hydrogen-bond acceptors (Lipinski definition) is 7. The van der Waals surface area contributed by atoms with Crippen molar-refractivity contribution in [1.29, 1.82) is 0 Å². The number of pyridine rings is 1. The van der Waals surface area contributed by atoms with E-state index in [0.29, 0.717) is 34.6 Å². The summed E-state index contributed by atoms with van der Waals surface area (Å²) in [7, 11) is 3.76. The summed E-state index contributed by atoms with van der Waals surface area (Å²) in [5.41, 5.74) is 2.62. The number of ketones is 1. The van der Waals surface area contributed by atoms with E-state index in [0.717, 1.165) is 62.8 Å². The zero-order valence-corrected chi connectivity index (χ0v) is 26.1. The van der Waals surface area contributed by atoms with Gasteiger partial charge in [-0.3, -0.25) is 14.4 Å². The summed E-state index contributed by atoms with van der Waals surface area (Å²) in [6.45, 7) is 1.10. The number of esters is 1. The Kier molecular flexibility index (Phi) is 11.0. The van der Waals surface area contributed by atoms with Crippen LogP contribution in [0.25, 0.3) is 22.2 Å². The molecule has 0 spiro atoms. The number of hydrogen-bond donors (Lipinski definition) is 1. The van der Waals surface area contributed by atoms with Crippen LogP contribution in [0, 0.1) is 0 Å². The number of ether oxygens (including phenoxy) is 2. The van der Waals surface area contributed by atoms with E-state index in [1.807, 2.05) is 48.5 Å². The Balaban J connectivity index is 1.33. The van der Waals surface area contributed by atoms with Crippen LogP contribution in [0.5, 0.6) is 5.75 Å². The highest BCUT2D eigenvalue weighted by Gasteiger charge is 2.26. The van der Waals surface area contributed by atoms with E-state index in [4.69, 9.17) is 14.5 Å². The smallest absolute Gasteiger partial charge is 0.306 e. The van der Waals surface area contributed by atoms with Gasteiger partial charge < -0.3 is 19.7 Å². The molecule has 8 heteroatoms. The molecule has 1 aliphatic carbocycles. The molecule has 1 saturated heterocycles. The standard InChI is InChI=1S/C36H45N3O5/c1-39-23-9-11-26(39)10-8-16-34(40)32(21-22-35(41)44-28-12-4-3-5-13-28)38-36(42)30-24-33(25-17-19-27(43-2)20-18-25)37-31-15-7-6-14-29(30)31/h6-7,14-15,17-20,24,26,28,32H,3-5,8-13,16,21-23H2,1-2H3,(H,38,42). The zero-order chi connectivity index (χ0) is 30.9. The highest BCUT2D eigenvalue weighted by molar-refractivity contribution is 6.08. The molecule has 5 rings (SSSR count). The van der Waals surface area contributed by atoms with Crippen molar-refractivity contribution in [1.82, 2.24) is 15.2 Å². The molecule has 2 fully saturated rings. The van der Waals surface area contributed by atoms with Gasteiger partial charge in [0.2, 0.25) is 0 Å². The Labute approximate surface area is 260 Å². The summed E-state index contributed by atoms with van der Waals surface area (Å²) in [5, 5.41) is 3.72. The van der Waals surface area contributed by atoms with Crippen molar-refractivity contribution in [2.75, 3.05) is 20.7 Å². The average Bonchev–Trinajstić information content (AvgIpc) is 3.46. The SMILES string of the molecule is COc1ccc(-c2cc(C(=O)NC(CCC(=O)OC3CCCCC3)C(=O)CCCC3CCCN3C)c3ccccc3n2)cc1. The number of nitrogens with one attached hydrogen (secondary N) is 1. The number of rotatable bonds is 13. The maximum atomic E-state index is 13.9. The number of para-hydroxylation sites is 1. The van der Waals surface area contributed by atoms with Crippen LogP contribution in [0.2, 0.25) is 0 Å². The van der Waals surface area contributed by atoms with Gasteiger partial charge in [0.25, 0.3) is 5.91 Å². The van der Waals surface area contributed by atoms with Crippen LogP contribution in [0.15, 0.2) is 54.6 Å². The van der Waals surface area contributed by atoms with E-state index < -0.39 is 6.04 Å². The molecule has 2 atom stereocenters. The number of likely N-dealkylation sites (tertiary alicyclic amines) is 1. The fourth-order valence-electron chi connectivity index (χ4n) is 6.54. The summed E-state index contributed by atoms with van der Waals surface area (Å²) in [6.07, 6.45) is 9.80. The molecule has 1 amide bonds. The number of fused-ring (bicyclic) bond motifs is 1. The molecule has 3 aromatic rings. The van der Waals surface area contributed by atoms with Gasteiger partial charge in [-0.25, -0.2) is 4.98 Å². The fourth-order valence-corrected chi connectivity index (χ4v) is 6.54. The molecule has 234 valence electrons. The van der Waals surface area contributed by atoms with Gasteiger partial charge in [-0.15, -0.1) is 0 Å². The van der Waals surface area contributed by atoms with Crippen molar-refractivity contribution >= 4 is 28.6 Å². The highest BCUT2D eigenvalue weighted by Crippen LogP contribution is 2.27. The first-order valence-electron chi connectivity index (χ1n) is 16.2. The Morgan fingerprint density at radius 3 is 2.48 bits per heavy atom. The first-order valence-corrected chi connectivity index (χ1v) is 16.2. The molecule has 44 heavy (non-hydrogen) atoms. The third kappa shape index (κ3) is 8.23. The molecule has 1 saturated carbocycles. The number of benzene rings is 2. The van der Waals surface area contributed by atoms with Crippen molar-refractivity contribution in [2.45, 2.75) is 95.2 Å². The minimum absolute atomic E-state index is 0.0389. The monoisotopic (exact) mass is 599 g/mol. The number of amides is 1. The Bertz CT molecular complexity index is 1430. The Hall–Kier alpha value is -3.78. The molecule has 1 N–H and O–H groups in total. The second-order valence-electron chi connectivity index (χ2n) is 12.3. The van der Waals surface area contributed by atoms with Gasteiger partial charge in [-0.2, -0.15) is 0 Å². The van der Waals surface area contributed by atoms with Gasteiger partial charge in [0.15, 0.2) is 5.78 Å². The molecule has 2 aromatic carbocycles. The molecule has 1 aromatic heterocycles. The first-order chi connectivity index (χ1) is 21.4. The number of methoxy groups -OCH3 is 1. The van der Waals surface area contributed by atoms with Crippen molar-refractivity contribution in [3.8, 4) is 17.0 Å². The molecular formula is C36H45N3O5. The van der Waals surface area contributed by atoms with Gasteiger partial charge in [0.1, 0.15) is 11.9 Å². The van der Waals surface area contributed by atoms with E-state index in [-0.39, 0.29) is 36.6 Å². The Morgan fingerprint density at radius 1 is 0.977 bits per heavy atom. The maximum Gasteiger partial charge on any atom is 0.306 e. The van der Waals surface area contributed by atoms with Crippen LogP contribution in [-0.2, 0) is 14.3 Å². The summed E-state index contributed by atoms with van der Waals surface area (Å²) < 4.78 is 11.0. The zero-order valence-electron chi connectivity index (χ0n) is 26.1.